The third-order valence-electron chi connectivity index (χ3n) is 2.85. The Labute approximate surface area is 104 Å². The van der Waals surface area contributed by atoms with E-state index >= 15 is 0 Å². The number of carbonyl (C=O) groups is 2. The van der Waals surface area contributed by atoms with Gasteiger partial charge in [-0.2, -0.15) is 0 Å². The number of halogens is 1. The van der Waals surface area contributed by atoms with E-state index in [2.05, 4.69) is 0 Å². The summed E-state index contributed by atoms with van der Waals surface area (Å²) in [5, 5.41) is 9.33. The summed E-state index contributed by atoms with van der Waals surface area (Å²) in [7, 11) is 0. The topological polar surface area (TPSA) is 63.6 Å². The smallest absolute Gasteiger partial charge is 0.328 e. The van der Waals surface area contributed by atoms with Gasteiger partial charge < -0.3 is 9.84 Å². The second-order valence-corrected chi connectivity index (χ2v) is 3.76. The number of esters is 1. The lowest BCUT2D eigenvalue weighted by Gasteiger charge is -2.26. The van der Waals surface area contributed by atoms with Crippen LogP contribution < -0.4 is 0 Å². The van der Waals surface area contributed by atoms with Crippen LogP contribution in [0.1, 0.15) is 25.8 Å². The Balaban J connectivity index is 3.42. The van der Waals surface area contributed by atoms with Gasteiger partial charge in [0.05, 0.1) is 6.61 Å². The first-order valence-corrected chi connectivity index (χ1v) is 5.66. The second kappa shape index (κ2) is 5.62. The monoisotopic (exact) mass is 254 g/mol. The minimum absolute atomic E-state index is 0.0440. The normalized spacial score (nSPS) is 13.7. The first-order chi connectivity index (χ1) is 8.50. The summed E-state index contributed by atoms with van der Waals surface area (Å²) < 4.78 is 18.5. The number of hydrogen-bond donors (Lipinski definition) is 1. The van der Waals surface area contributed by atoms with Crippen molar-refractivity contribution in [2.45, 2.75) is 25.7 Å². The van der Waals surface area contributed by atoms with Gasteiger partial charge in [-0.25, -0.2) is 4.39 Å². The number of ether oxygens (including phenoxy) is 1. The van der Waals surface area contributed by atoms with Gasteiger partial charge in [0.2, 0.25) is 0 Å². The zero-order valence-corrected chi connectivity index (χ0v) is 10.3. The Morgan fingerprint density at radius 2 is 1.94 bits per heavy atom. The minimum atomic E-state index is -1.98. The van der Waals surface area contributed by atoms with Crippen molar-refractivity contribution in [3.63, 3.8) is 0 Å². The number of hydrogen-bond acceptors (Lipinski definition) is 3. The number of carboxylic acids is 1. The molecule has 1 aromatic rings. The van der Waals surface area contributed by atoms with Gasteiger partial charge in [0.15, 0.2) is 5.41 Å². The molecule has 0 amide bonds. The summed E-state index contributed by atoms with van der Waals surface area (Å²) in [6.07, 6.45) is -0.0813. The third-order valence-corrected chi connectivity index (χ3v) is 2.85. The summed E-state index contributed by atoms with van der Waals surface area (Å²) in [6.45, 7) is 3.13. The van der Waals surface area contributed by atoms with Crippen molar-refractivity contribution in [2.75, 3.05) is 6.61 Å². The van der Waals surface area contributed by atoms with Gasteiger partial charge in [0.25, 0.3) is 0 Å². The van der Waals surface area contributed by atoms with E-state index in [4.69, 9.17) is 4.74 Å². The molecule has 18 heavy (non-hydrogen) atoms. The van der Waals surface area contributed by atoms with Gasteiger partial charge in [-0.3, -0.25) is 9.59 Å². The molecule has 98 valence electrons. The Morgan fingerprint density at radius 3 is 2.39 bits per heavy atom. The van der Waals surface area contributed by atoms with Gasteiger partial charge in [-0.1, -0.05) is 25.1 Å². The van der Waals surface area contributed by atoms with Gasteiger partial charge >= 0.3 is 11.9 Å². The average molecular weight is 254 g/mol. The van der Waals surface area contributed by atoms with Crippen molar-refractivity contribution in [1.82, 2.24) is 0 Å². The van der Waals surface area contributed by atoms with Crippen molar-refractivity contribution in [3.8, 4) is 0 Å². The van der Waals surface area contributed by atoms with Crippen molar-refractivity contribution >= 4 is 11.9 Å². The van der Waals surface area contributed by atoms with Crippen LogP contribution >= 0.6 is 0 Å². The van der Waals surface area contributed by atoms with Crippen LogP contribution in [0.15, 0.2) is 24.3 Å². The van der Waals surface area contributed by atoms with E-state index in [9.17, 15) is 19.1 Å². The van der Waals surface area contributed by atoms with Crippen LogP contribution in [-0.4, -0.2) is 23.7 Å². The van der Waals surface area contributed by atoms with Crippen molar-refractivity contribution < 1.29 is 23.8 Å². The molecule has 0 aromatic heterocycles. The summed E-state index contributed by atoms with van der Waals surface area (Å²) >= 11 is 0. The predicted molar refractivity (Wildman–Crippen MR) is 62.6 cm³/mol. The van der Waals surface area contributed by atoms with E-state index in [0.717, 1.165) is 6.07 Å². The Morgan fingerprint density at radius 1 is 1.33 bits per heavy atom. The molecule has 1 N–H and O–H groups in total. The molecular formula is C13H15FO4. The van der Waals surface area contributed by atoms with Crippen LogP contribution in [0.25, 0.3) is 0 Å². The van der Waals surface area contributed by atoms with Crippen molar-refractivity contribution in [2.24, 2.45) is 0 Å². The highest BCUT2D eigenvalue weighted by molar-refractivity contribution is 6.05. The number of rotatable bonds is 5. The zero-order valence-electron chi connectivity index (χ0n) is 10.3. The van der Waals surface area contributed by atoms with Crippen LogP contribution in [0.4, 0.5) is 4.39 Å². The van der Waals surface area contributed by atoms with Crippen molar-refractivity contribution in [1.29, 1.82) is 0 Å². The third kappa shape index (κ3) is 2.20. The van der Waals surface area contributed by atoms with Crippen molar-refractivity contribution in [3.05, 3.63) is 35.6 Å². The van der Waals surface area contributed by atoms with E-state index in [1.165, 1.54) is 25.1 Å². The number of carbonyl (C=O) groups excluding carboxylic acids is 1. The quantitative estimate of drug-likeness (QED) is 0.645. The van der Waals surface area contributed by atoms with Gasteiger partial charge in [0.1, 0.15) is 5.82 Å². The van der Waals surface area contributed by atoms with Gasteiger partial charge in [0, 0.05) is 5.56 Å². The molecule has 0 fully saturated rings. The molecule has 0 aliphatic carbocycles. The second-order valence-electron chi connectivity index (χ2n) is 3.76. The largest absolute Gasteiger partial charge is 0.480 e. The predicted octanol–water partition coefficient (Wildman–Crippen LogP) is 2.12. The highest BCUT2D eigenvalue weighted by Gasteiger charge is 2.49. The molecule has 1 rings (SSSR count). The summed E-state index contributed by atoms with van der Waals surface area (Å²) in [4.78, 5) is 23.4. The number of aliphatic carboxylic acids is 1. The number of benzene rings is 1. The Bertz CT molecular complexity index is 458. The fourth-order valence-electron chi connectivity index (χ4n) is 1.86. The maximum atomic E-state index is 13.8. The SMILES string of the molecule is CCOC(=O)C(CC)(C(=O)O)c1ccccc1F. The van der Waals surface area contributed by atoms with Crippen LogP contribution in [0.5, 0.6) is 0 Å². The maximum Gasteiger partial charge on any atom is 0.328 e. The average Bonchev–Trinajstić information content (AvgIpc) is 2.33. The molecule has 0 bridgehead atoms. The summed E-state index contributed by atoms with van der Waals surface area (Å²) in [6, 6.07) is 5.35. The molecule has 4 nitrogen and oxygen atoms in total. The molecule has 0 aliphatic rings. The molecule has 0 radical (unpaired) electrons. The molecular weight excluding hydrogens is 239 g/mol. The molecule has 5 heteroatoms. The lowest BCUT2D eigenvalue weighted by Crippen LogP contribution is -2.45. The summed E-state index contributed by atoms with van der Waals surface area (Å²) in [5.41, 5.74) is -2.15. The minimum Gasteiger partial charge on any atom is -0.480 e. The van der Waals surface area contributed by atoms with Crippen LogP contribution in [-0.2, 0) is 19.7 Å². The first kappa shape index (κ1) is 14.2. The van der Waals surface area contributed by atoms with Crippen LogP contribution in [0.3, 0.4) is 0 Å². The maximum absolute atomic E-state index is 13.8. The molecule has 0 spiro atoms. The fourth-order valence-corrected chi connectivity index (χ4v) is 1.86. The highest BCUT2D eigenvalue weighted by Crippen LogP contribution is 2.32. The fraction of sp³-hybridized carbons (Fsp3) is 0.385. The van der Waals surface area contributed by atoms with Crippen LogP contribution in [0, 0.1) is 5.82 Å². The van der Waals surface area contributed by atoms with E-state index in [1.807, 2.05) is 0 Å². The molecule has 1 aromatic carbocycles. The van der Waals surface area contributed by atoms with E-state index in [-0.39, 0.29) is 18.6 Å². The standard InChI is InChI=1S/C13H15FO4/c1-3-13(11(15)16,12(17)18-4-2)9-7-5-6-8-10(9)14/h5-8H,3-4H2,1-2H3,(H,15,16). The molecule has 0 heterocycles. The lowest BCUT2D eigenvalue weighted by atomic mass is 9.78. The molecule has 1 atom stereocenters. The van der Waals surface area contributed by atoms with Gasteiger partial charge in [-0.15, -0.1) is 0 Å². The zero-order chi connectivity index (χ0) is 13.8. The molecule has 0 aliphatic heterocycles. The first-order valence-electron chi connectivity index (χ1n) is 5.66. The Kier molecular flexibility index (Phi) is 4.42. The molecule has 0 saturated carbocycles. The molecule has 0 saturated heterocycles. The lowest BCUT2D eigenvalue weighted by molar-refractivity contribution is -0.162. The van der Waals surface area contributed by atoms with E-state index in [1.54, 1.807) is 6.92 Å². The van der Waals surface area contributed by atoms with Gasteiger partial charge in [-0.05, 0) is 19.4 Å². The summed E-state index contributed by atoms with van der Waals surface area (Å²) in [5.74, 6) is -3.08. The number of carboxylic acid groups (broad SMARTS) is 1. The highest BCUT2D eigenvalue weighted by atomic mass is 19.1. The molecule has 1 unspecified atom stereocenters. The Hall–Kier alpha value is -1.91. The van der Waals surface area contributed by atoms with E-state index in [0.29, 0.717) is 0 Å². The van der Waals surface area contributed by atoms with E-state index < -0.39 is 23.2 Å². The van der Waals surface area contributed by atoms with Crippen LogP contribution in [0.2, 0.25) is 0 Å².